The van der Waals surface area contributed by atoms with Crippen molar-refractivity contribution in [2.45, 2.75) is 17.1 Å². The van der Waals surface area contributed by atoms with Gasteiger partial charge < -0.3 is 0 Å². The fourth-order valence-electron chi connectivity index (χ4n) is 1.51. The van der Waals surface area contributed by atoms with Crippen molar-refractivity contribution < 1.29 is 8.42 Å². The van der Waals surface area contributed by atoms with Crippen molar-refractivity contribution in [1.29, 1.82) is 0 Å². The monoisotopic (exact) mass is 329 g/mol. The molecule has 15 heavy (non-hydrogen) atoms. The zero-order valence-electron chi connectivity index (χ0n) is 7.74. The lowest BCUT2D eigenvalue weighted by atomic mass is 10.4. The Hall–Kier alpha value is 0.380. The minimum atomic E-state index is -3.30. The summed E-state index contributed by atoms with van der Waals surface area (Å²) in [7, 11) is -3.30. The van der Waals surface area contributed by atoms with Gasteiger partial charge in [-0.2, -0.15) is 4.31 Å². The number of thiophene rings is 1. The number of nitrogens with zero attached hydrogens (tertiary/aromatic N) is 1. The summed E-state index contributed by atoms with van der Waals surface area (Å²) in [6, 6.07) is 1.50. The van der Waals surface area contributed by atoms with E-state index in [4.69, 9.17) is 11.6 Å². The molecule has 0 bridgehead atoms. The van der Waals surface area contributed by atoms with Gasteiger partial charge in [-0.1, -0.05) is 11.6 Å². The van der Waals surface area contributed by atoms with Crippen LogP contribution in [0.1, 0.15) is 12.8 Å². The summed E-state index contributed by atoms with van der Waals surface area (Å²) in [5.74, 6) is 0. The summed E-state index contributed by atoms with van der Waals surface area (Å²) >= 11 is 10.2. The topological polar surface area (TPSA) is 37.4 Å². The average Bonchev–Trinajstić information content (AvgIpc) is 2.77. The number of sulfonamides is 1. The molecule has 0 unspecified atom stereocenters. The van der Waals surface area contributed by atoms with Gasteiger partial charge in [0.25, 0.3) is 10.0 Å². The minimum Gasteiger partial charge on any atom is -0.206 e. The smallest absolute Gasteiger partial charge is 0.206 e. The van der Waals surface area contributed by atoms with Gasteiger partial charge in [0.2, 0.25) is 0 Å². The van der Waals surface area contributed by atoms with Crippen LogP contribution in [0, 0.1) is 0 Å². The molecular formula is C8H9BrClNO2S2. The van der Waals surface area contributed by atoms with Crippen LogP contribution < -0.4 is 0 Å². The standard InChI is InChI=1S/C8H9BrClNO2S2/c9-8-6(10)5-7(14-8)15(12,13)11-3-1-2-4-11/h5H,1-4H2. The second-order valence-electron chi connectivity index (χ2n) is 3.30. The predicted molar refractivity (Wildman–Crippen MR) is 65.0 cm³/mol. The number of hydrogen-bond donors (Lipinski definition) is 0. The van der Waals surface area contributed by atoms with Crippen LogP contribution in [0.15, 0.2) is 14.1 Å². The molecule has 0 saturated carbocycles. The first kappa shape index (κ1) is 11.9. The van der Waals surface area contributed by atoms with Crippen molar-refractivity contribution >= 4 is 48.9 Å². The van der Waals surface area contributed by atoms with Crippen molar-refractivity contribution in [1.82, 2.24) is 4.31 Å². The number of hydrogen-bond acceptors (Lipinski definition) is 3. The summed E-state index contributed by atoms with van der Waals surface area (Å²) in [5.41, 5.74) is 0. The highest BCUT2D eigenvalue weighted by Gasteiger charge is 2.29. The largest absolute Gasteiger partial charge is 0.252 e. The van der Waals surface area contributed by atoms with E-state index in [2.05, 4.69) is 15.9 Å². The maximum absolute atomic E-state index is 12.1. The molecule has 0 radical (unpaired) electrons. The van der Waals surface area contributed by atoms with Gasteiger partial charge in [-0.25, -0.2) is 8.42 Å². The van der Waals surface area contributed by atoms with E-state index in [9.17, 15) is 8.42 Å². The first-order valence-corrected chi connectivity index (χ1v) is 7.89. The first-order valence-electron chi connectivity index (χ1n) is 4.47. The van der Waals surface area contributed by atoms with Crippen LogP contribution in [-0.2, 0) is 10.0 Å². The highest BCUT2D eigenvalue weighted by Crippen LogP contribution is 2.36. The maximum Gasteiger partial charge on any atom is 0.252 e. The molecule has 2 rings (SSSR count). The van der Waals surface area contributed by atoms with Crippen molar-refractivity contribution in [2.24, 2.45) is 0 Å². The number of rotatable bonds is 2. The molecule has 3 nitrogen and oxygen atoms in total. The molecule has 1 aliphatic heterocycles. The third-order valence-electron chi connectivity index (χ3n) is 2.28. The zero-order valence-corrected chi connectivity index (χ0v) is 11.7. The van der Waals surface area contributed by atoms with Crippen LogP contribution in [0.5, 0.6) is 0 Å². The van der Waals surface area contributed by atoms with Crippen LogP contribution in [-0.4, -0.2) is 25.8 Å². The lowest BCUT2D eigenvalue weighted by molar-refractivity contribution is 0.479. The Morgan fingerprint density at radius 1 is 1.40 bits per heavy atom. The van der Waals surface area contributed by atoms with E-state index in [0.29, 0.717) is 26.1 Å². The summed E-state index contributed by atoms with van der Waals surface area (Å²) in [6.45, 7) is 1.24. The van der Waals surface area contributed by atoms with E-state index in [1.807, 2.05) is 0 Å². The van der Waals surface area contributed by atoms with E-state index in [1.165, 1.54) is 10.4 Å². The van der Waals surface area contributed by atoms with Crippen molar-refractivity contribution in [3.63, 3.8) is 0 Å². The Bertz CT molecular complexity index is 445. The summed E-state index contributed by atoms with van der Waals surface area (Å²) in [6.07, 6.45) is 1.89. The zero-order chi connectivity index (χ0) is 11.1. The molecular weight excluding hydrogens is 322 g/mol. The summed E-state index contributed by atoms with van der Waals surface area (Å²) in [5, 5.41) is 0.456. The van der Waals surface area contributed by atoms with E-state index in [1.54, 1.807) is 0 Å². The summed E-state index contributed by atoms with van der Waals surface area (Å²) in [4.78, 5) is 0. The molecule has 1 aromatic heterocycles. The van der Waals surface area contributed by atoms with Crippen molar-refractivity contribution in [3.8, 4) is 0 Å². The Kier molecular flexibility index (Phi) is 3.42. The average molecular weight is 331 g/mol. The van der Waals surface area contributed by atoms with Crippen molar-refractivity contribution in [3.05, 3.63) is 14.9 Å². The Balaban J connectivity index is 2.36. The molecule has 0 atom stereocenters. The van der Waals surface area contributed by atoms with Gasteiger partial charge in [0, 0.05) is 13.1 Å². The Labute approximate surface area is 106 Å². The first-order chi connectivity index (χ1) is 7.01. The van der Waals surface area contributed by atoms with Crippen LogP contribution in [0.25, 0.3) is 0 Å². The molecule has 1 fully saturated rings. The molecule has 7 heteroatoms. The van der Waals surface area contributed by atoms with Crippen LogP contribution in [0.2, 0.25) is 5.02 Å². The van der Waals surface area contributed by atoms with Gasteiger partial charge in [0.05, 0.1) is 8.81 Å². The highest BCUT2D eigenvalue weighted by molar-refractivity contribution is 9.11. The van der Waals surface area contributed by atoms with Gasteiger partial charge in [0.1, 0.15) is 4.21 Å². The number of halogens is 2. The van der Waals surface area contributed by atoms with E-state index < -0.39 is 10.0 Å². The maximum atomic E-state index is 12.1. The second kappa shape index (κ2) is 4.33. The third-order valence-corrected chi connectivity index (χ3v) is 7.10. The van der Waals surface area contributed by atoms with Crippen LogP contribution >= 0.6 is 38.9 Å². The second-order valence-corrected chi connectivity index (χ2v) is 8.24. The molecule has 0 aliphatic carbocycles. The van der Waals surface area contributed by atoms with Crippen LogP contribution in [0.3, 0.4) is 0 Å². The van der Waals surface area contributed by atoms with Gasteiger partial charge in [-0.15, -0.1) is 11.3 Å². The van der Waals surface area contributed by atoms with Gasteiger partial charge in [0.15, 0.2) is 0 Å². The van der Waals surface area contributed by atoms with Gasteiger partial charge >= 0.3 is 0 Å². The minimum absolute atomic E-state index is 0.321. The fraction of sp³-hybridized carbons (Fsp3) is 0.500. The Morgan fingerprint density at radius 3 is 2.47 bits per heavy atom. The SMILES string of the molecule is O=S(=O)(c1cc(Cl)c(Br)s1)N1CCCC1. The van der Waals surface area contributed by atoms with Gasteiger partial charge in [-0.3, -0.25) is 0 Å². The molecule has 2 heterocycles. The van der Waals surface area contributed by atoms with E-state index >= 15 is 0 Å². The highest BCUT2D eigenvalue weighted by atomic mass is 79.9. The molecule has 0 N–H and O–H groups in total. The fourth-order valence-corrected chi connectivity index (χ4v) is 5.58. The normalized spacial score (nSPS) is 18.5. The quantitative estimate of drug-likeness (QED) is 0.836. The van der Waals surface area contributed by atoms with Crippen molar-refractivity contribution in [2.75, 3.05) is 13.1 Å². The molecule has 0 amide bonds. The molecule has 0 spiro atoms. The lowest BCUT2D eigenvalue weighted by Crippen LogP contribution is -2.27. The molecule has 1 saturated heterocycles. The molecule has 1 aromatic rings. The van der Waals surface area contributed by atoms with E-state index in [-0.39, 0.29) is 0 Å². The molecule has 0 aromatic carbocycles. The van der Waals surface area contributed by atoms with E-state index in [0.717, 1.165) is 24.2 Å². The molecule has 84 valence electrons. The predicted octanol–water partition coefficient (Wildman–Crippen LogP) is 2.95. The summed E-state index contributed by atoms with van der Waals surface area (Å²) < 4.78 is 26.6. The third kappa shape index (κ3) is 2.24. The lowest BCUT2D eigenvalue weighted by Gasteiger charge is -2.13. The molecule has 1 aliphatic rings. The Morgan fingerprint density at radius 2 is 2.00 bits per heavy atom. The van der Waals surface area contributed by atoms with Crippen LogP contribution in [0.4, 0.5) is 0 Å². The van der Waals surface area contributed by atoms with Gasteiger partial charge in [-0.05, 0) is 34.8 Å².